The highest BCUT2D eigenvalue weighted by Gasteiger charge is 2.16. The fraction of sp³-hybridized carbons (Fsp3) is 0.235. The number of amidine groups is 1. The number of benzene rings is 1. The number of aliphatic imine (C=N–C) groups is 1. The molecule has 0 saturated heterocycles. The monoisotopic (exact) mass is 294 g/mol. The van der Waals surface area contributed by atoms with Crippen LogP contribution in [0.4, 0.5) is 0 Å². The third-order valence-electron chi connectivity index (χ3n) is 3.76. The largest absolute Gasteiger partial charge is 0.383 e. The van der Waals surface area contributed by atoms with E-state index < -0.39 is 0 Å². The molecule has 0 spiro atoms. The molecule has 1 amide bonds. The van der Waals surface area contributed by atoms with Gasteiger partial charge in [0.1, 0.15) is 5.84 Å². The van der Waals surface area contributed by atoms with Crippen LogP contribution in [0.2, 0.25) is 0 Å². The first-order valence-corrected chi connectivity index (χ1v) is 7.26. The van der Waals surface area contributed by atoms with Gasteiger partial charge in [0.15, 0.2) is 0 Å². The topological polar surface area (TPSA) is 80.4 Å². The summed E-state index contributed by atoms with van der Waals surface area (Å²) in [6.07, 6.45) is 1.95. The molecule has 112 valence electrons. The van der Waals surface area contributed by atoms with Gasteiger partial charge in [-0.25, -0.2) is 0 Å². The first kappa shape index (κ1) is 14.3. The van der Waals surface area contributed by atoms with E-state index in [0.29, 0.717) is 12.4 Å². The van der Waals surface area contributed by atoms with Gasteiger partial charge in [0.25, 0.3) is 0 Å². The molecule has 0 bridgehead atoms. The number of carbonyl (C=O) groups is 1. The molecule has 0 unspecified atom stereocenters. The lowest BCUT2D eigenvalue weighted by Crippen LogP contribution is -2.28. The molecule has 2 heterocycles. The van der Waals surface area contributed by atoms with Gasteiger partial charge in [-0.15, -0.1) is 0 Å². The van der Waals surface area contributed by atoms with Gasteiger partial charge in [-0.05, 0) is 24.1 Å². The maximum absolute atomic E-state index is 12.2. The number of carbonyl (C=O) groups excluding carboxylic acids is 1. The molecular weight excluding hydrogens is 276 g/mol. The Labute approximate surface area is 129 Å². The molecule has 5 nitrogen and oxygen atoms in total. The second-order valence-corrected chi connectivity index (χ2v) is 5.41. The van der Waals surface area contributed by atoms with E-state index in [2.05, 4.69) is 15.3 Å². The summed E-state index contributed by atoms with van der Waals surface area (Å²) in [5, 5.41) is 2.99. The normalized spacial score (nSPS) is 14.1. The lowest BCUT2D eigenvalue weighted by molar-refractivity contribution is -0.121. The van der Waals surface area contributed by atoms with Crippen molar-refractivity contribution in [3.8, 4) is 0 Å². The predicted octanol–water partition coefficient (Wildman–Crippen LogP) is 1.72. The molecule has 2 aromatic rings. The highest BCUT2D eigenvalue weighted by molar-refractivity contribution is 6.00. The molecule has 3 N–H and O–H groups in total. The van der Waals surface area contributed by atoms with Crippen LogP contribution >= 0.6 is 0 Å². The van der Waals surface area contributed by atoms with Crippen molar-refractivity contribution >= 4 is 11.7 Å². The molecular formula is C17H18N4O. The molecule has 0 fully saturated rings. The summed E-state index contributed by atoms with van der Waals surface area (Å²) in [5.41, 5.74) is 9.49. The SMILES string of the molecule is C[C@@H](NC(=O)Cc1cc2c(cn1)C(N)=NC2)c1ccccc1. The van der Waals surface area contributed by atoms with Crippen molar-refractivity contribution in [2.24, 2.45) is 10.7 Å². The van der Waals surface area contributed by atoms with E-state index in [4.69, 9.17) is 5.73 Å². The summed E-state index contributed by atoms with van der Waals surface area (Å²) in [7, 11) is 0. The standard InChI is InChI=1S/C17H18N4O/c1-11(12-5-3-2-4-6-12)21-16(22)8-14-7-13-9-20-17(18)15(13)10-19-14/h2-7,10-11H,8-9H2,1H3,(H2,18,20)(H,21,22)/t11-/m1/s1. The van der Waals surface area contributed by atoms with Crippen LogP contribution in [0.1, 0.15) is 35.3 Å². The summed E-state index contributed by atoms with van der Waals surface area (Å²) in [6, 6.07) is 11.8. The van der Waals surface area contributed by atoms with E-state index in [1.165, 1.54) is 0 Å². The number of aromatic nitrogens is 1. The Morgan fingerprint density at radius 3 is 2.91 bits per heavy atom. The van der Waals surface area contributed by atoms with E-state index in [-0.39, 0.29) is 18.4 Å². The highest BCUT2D eigenvalue weighted by Crippen LogP contribution is 2.17. The molecule has 1 aromatic heterocycles. The Morgan fingerprint density at radius 1 is 1.36 bits per heavy atom. The molecule has 0 aliphatic carbocycles. The first-order chi connectivity index (χ1) is 10.6. The quantitative estimate of drug-likeness (QED) is 0.901. The van der Waals surface area contributed by atoms with Crippen molar-refractivity contribution in [1.29, 1.82) is 0 Å². The Bertz CT molecular complexity index is 725. The zero-order valence-electron chi connectivity index (χ0n) is 12.4. The predicted molar refractivity (Wildman–Crippen MR) is 85.4 cm³/mol. The molecule has 0 saturated carbocycles. The van der Waals surface area contributed by atoms with Gasteiger partial charge in [-0.3, -0.25) is 14.8 Å². The van der Waals surface area contributed by atoms with Gasteiger partial charge >= 0.3 is 0 Å². The van der Waals surface area contributed by atoms with Crippen LogP contribution in [-0.2, 0) is 17.8 Å². The van der Waals surface area contributed by atoms with E-state index >= 15 is 0 Å². The number of pyridine rings is 1. The number of hydrogen-bond acceptors (Lipinski definition) is 4. The average Bonchev–Trinajstić information content (AvgIpc) is 2.89. The van der Waals surface area contributed by atoms with Crippen molar-refractivity contribution in [3.63, 3.8) is 0 Å². The van der Waals surface area contributed by atoms with Gasteiger partial charge in [0, 0.05) is 11.8 Å². The Hall–Kier alpha value is -2.69. The highest BCUT2D eigenvalue weighted by atomic mass is 16.1. The summed E-state index contributed by atoms with van der Waals surface area (Å²) >= 11 is 0. The summed E-state index contributed by atoms with van der Waals surface area (Å²) in [4.78, 5) is 20.6. The number of fused-ring (bicyclic) bond motifs is 1. The minimum Gasteiger partial charge on any atom is -0.383 e. The smallest absolute Gasteiger partial charge is 0.226 e. The van der Waals surface area contributed by atoms with Crippen LogP contribution in [-0.4, -0.2) is 16.7 Å². The lowest BCUT2D eigenvalue weighted by atomic mass is 10.1. The van der Waals surface area contributed by atoms with Gasteiger partial charge < -0.3 is 11.1 Å². The van der Waals surface area contributed by atoms with Crippen molar-refractivity contribution in [2.75, 3.05) is 0 Å². The summed E-state index contributed by atoms with van der Waals surface area (Å²) in [5.74, 6) is 0.479. The second kappa shape index (κ2) is 5.97. The number of hydrogen-bond donors (Lipinski definition) is 2. The van der Waals surface area contributed by atoms with Gasteiger partial charge in [0.05, 0.1) is 24.7 Å². The minimum absolute atomic E-state index is 0.0258. The fourth-order valence-electron chi connectivity index (χ4n) is 2.54. The number of nitrogens with zero attached hydrogens (tertiary/aromatic N) is 2. The third kappa shape index (κ3) is 2.98. The minimum atomic E-state index is -0.0457. The number of amides is 1. The van der Waals surface area contributed by atoms with Gasteiger partial charge in [0.2, 0.25) is 5.91 Å². The number of nitrogens with two attached hydrogens (primary N) is 1. The number of nitrogens with one attached hydrogen (secondary N) is 1. The molecule has 0 radical (unpaired) electrons. The van der Waals surface area contributed by atoms with Crippen molar-refractivity contribution in [1.82, 2.24) is 10.3 Å². The van der Waals surface area contributed by atoms with Crippen LogP contribution in [0, 0.1) is 0 Å². The maximum Gasteiger partial charge on any atom is 0.226 e. The van der Waals surface area contributed by atoms with Crippen LogP contribution in [0.15, 0.2) is 47.6 Å². The zero-order chi connectivity index (χ0) is 15.5. The molecule has 3 rings (SSSR count). The zero-order valence-corrected chi connectivity index (χ0v) is 12.4. The molecule has 1 atom stereocenters. The van der Waals surface area contributed by atoms with Crippen molar-refractivity contribution in [2.45, 2.75) is 25.9 Å². The van der Waals surface area contributed by atoms with E-state index in [1.807, 2.05) is 43.3 Å². The lowest BCUT2D eigenvalue weighted by Gasteiger charge is -2.14. The summed E-state index contributed by atoms with van der Waals surface area (Å²) < 4.78 is 0. The Kier molecular flexibility index (Phi) is 3.87. The molecule has 5 heteroatoms. The van der Waals surface area contributed by atoms with E-state index in [1.54, 1.807) is 6.20 Å². The Balaban J connectivity index is 1.63. The fourth-order valence-corrected chi connectivity index (χ4v) is 2.54. The summed E-state index contributed by atoms with van der Waals surface area (Å²) in [6.45, 7) is 2.54. The van der Waals surface area contributed by atoms with Gasteiger partial charge in [-0.1, -0.05) is 30.3 Å². The van der Waals surface area contributed by atoms with Crippen LogP contribution < -0.4 is 11.1 Å². The van der Waals surface area contributed by atoms with Crippen LogP contribution in [0.3, 0.4) is 0 Å². The average molecular weight is 294 g/mol. The van der Waals surface area contributed by atoms with Crippen molar-refractivity contribution in [3.05, 3.63) is 65.0 Å². The van der Waals surface area contributed by atoms with Crippen molar-refractivity contribution < 1.29 is 4.79 Å². The van der Waals surface area contributed by atoms with Gasteiger partial charge in [-0.2, -0.15) is 0 Å². The first-order valence-electron chi connectivity index (χ1n) is 7.26. The Morgan fingerprint density at radius 2 is 2.14 bits per heavy atom. The third-order valence-corrected chi connectivity index (χ3v) is 3.76. The second-order valence-electron chi connectivity index (χ2n) is 5.41. The molecule has 1 aliphatic heterocycles. The van der Waals surface area contributed by atoms with Crippen LogP contribution in [0.5, 0.6) is 0 Å². The van der Waals surface area contributed by atoms with Crippen LogP contribution in [0.25, 0.3) is 0 Å². The molecule has 1 aromatic carbocycles. The molecule has 22 heavy (non-hydrogen) atoms. The van der Waals surface area contributed by atoms with E-state index in [9.17, 15) is 4.79 Å². The maximum atomic E-state index is 12.2. The molecule has 1 aliphatic rings. The number of rotatable bonds is 4. The van der Waals surface area contributed by atoms with E-state index in [0.717, 1.165) is 22.4 Å².